The van der Waals surface area contributed by atoms with E-state index in [1.165, 1.54) is 15.9 Å². The summed E-state index contributed by atoms with van der Waals surface area (Å²) in [5.41, 5.74) is 0.385. The molecule has 0 atom stereocenters. The Morgan fingerprint density at radius 2 is 2.37 bits per heavy atom. The fourth-order valence-corrected chi connectivity index (χ4v) is 2.68. The number of aromatic nitrogens is 3. The molecule has 0 amide bonds. The summed E-state index contributed by atoms with van der Waals surface area (Å²) in [5.74, 6) is 0. The molecule has 0 unspecified atom stereocenters. The van der Waals surface area contributed by atoms with Crippen molar-refractivity contribution in [1.29, 1.82) is 0 Å². The Labute approximate surface area is 117 Å². The predicted molar refractivity (Wildman–Crippen MR) is 78.3 cm³/mol. The van der Waals surface area contributed by atoms with Crippen LogP contribution in [0.25, 0.3) is 15.9 Å². The van der Waals surface area contributed by atoms with E-state index >= 15 is 0 Å². The second kappa shape index (κ2) is 4.64. The van der Waals surface area contributed by atoms with E-state index < -0.39 is 0 Å². The van der Waals surface area contributed by atoms with Gasteiger partial charge in [0.15, 0.2) is 0 Å². The van der Waals surface area contributed by atoms with Crippen molar-refractivity contribution in [3.63, 3.8) is 0 Å². The van der Waals surface area contributed by atoms with Crippen molar-refractivity contribution >= 4 is 43.9 Å². The minimum absolute atomic E-state index is 0.195. The number of fused-ring (bicyclic) bond motifs is 2. The van der Waals surface area contributed by atoms with Crippen molar-refractivity contribution in [3.8, 4) is 0 Å². The zero-order chi connectivity index (χ0) is 13.4. The highest BCUT2D eigenvalue weighted by atomic mass is 35.5. The molecule has 0 saturated heterocycles. The molecule has 0 aliphatic carbocycles. The van der Waals surface area contributed by atoms with Gasteiger partial charge in [-0.3, -0.25) is 4.79 Å². The van der Waals surface area contributed by atoms with Gasteiger partial charge in [-0.15, -0.1) is 11.7 Å². The lowest BCUT2D eigenvalue weighted by Crippen LogP contribution is -2.15. The molecule has 0 saturated carbocycles. The third kappa shape index (κ3) is 2.09. The summed E-state index contributed by atoms with van der Waals surface area (Å²) in [7, 11) is 0. The predicted octanol–water partition coefficient (Wildman–Crippen LogP) is 2.56. The monoisotopic (exact) mass is 292 g/mol. The topological polar surface area (TPSA) is 59.3 Å². The lowest BCUT2D eigenvalue weighted by atomic mass is 10.2. The molecule has 0 spiro atoms. The van der Waals surface area contributed by atoms with Gasteiger partial charge < -0.3 is 5.32 Å². The van der Waals surface area contributed by atoms with E-state index in [9.17, 15) is 4.79 Å². The van der Waals surface area contributed by atoms with E-state index in [1.807, 2.05) is 0 Å². The van der Waals surface area contributed by atoms with Crippen LogP contribution in [0.5, 0.6) is 0 Å². The third-order valence-corrected chi connectivity index (χ3v) is 3.66. The molecule has 3 rings (SSSR count). The smallest absolute Gasteiger partial charge is 0.283 e. The molecule has 96 valence electrons. The van der Waals surface area contributed by atoms with E-state index in [1.54, 1.807) is 24.3 Å². The highest BCUT2D eigenvalue weighted by molar-refractivity contribution is 7.20. The lowest BCUT2D eigenvalue weighted by Gasteiger charge is -1.97. The molecule has 5 nitrogen and oxygen atoms in total. The van der Waals surface area contributed by atoms with E-state index in [2.05, 4.69) is 22.0 Å². The molecular formula is C12H9ClN4OS. The zero-order valence-electron chi connectivity index (χ0n) is 9.76. The molecule has 7 heteroatoms. The van der Waals surface area contributed by atoms with E-state index in [0.29, 0.717) is 32.6 Å². The first-order valence-corrected chi connectivity index (χ1v) is 6.72. The maximum absolute atomic E-state index is 12.3. The van der Waals surface area contributed by atoms with Gasteiger partial charge in [0.25, 0.3) is 5.56 Å². The molecule has 0 fully saturated rings. The third-order valence-electron chi connectivity index (χ3n) is 2.56. The number of nitrogens with zero attached hydrogens (tertiary/aromatic N) is 3. The SMILES string of the molecule is C=CCNc1nn2c(=O)c3ccc(Cl)cc3nc2s1. The number of rotatable bonds is 3. The highest BCUT2D eigenvalue weighted by Crippen LogP contribution is 2.20. The fourth-order valence-electron chi connectivity index (χ4n) is 1.71. The minimum atomic E-state index is -0.195. The summed E-state index contributed by atoms with van der Waals surface area (Å²) in [6.45, 7) is 4.20. The number of hydrogen-bond acceptors (Lipinski definition) is 5. The lowest BCUT2D eigenvalue weighted by molar-refractivity contribution is 0.915. The number of anilines is 1. The molecule has 0 aliphatic heterocycles. The second-order valence-electron chi connectivity index (χ2n) is 3.85. The van der Waals surface area contributed by atoms with E-state index in [0.717, 1.165) is 0 Å². The Morgan fingerprint density at radius 1 is 1.53 bits per heavy atom. The Balaban J connectivity index is 2.27. The van der Waals surface area contributed by atoms with Crippen LogP contribution in [-0.2, 0) is 0 Å². The maximum Gasteiger partial charge on any atom is 0.283 e. The Hall–Kier alpha value is -1.92. The number of hydrogen-bond donors (Lipinski definition) is 1. The van der Waals surface area contributed by atoms with Crippen LogP contribution in [0.1, 0.15) is 0 Å². The second-order valence-corrected chi connectivity index (χ2v) is 5.24. The van der Waals surface area contributed by atoms with Crippen LogP contribution in [0, 0.1) is 0 Å². The van der Waals surface area contributed by atoms with Crippen molar-refractivity contribution in [2.45, 2.75) is 0 Å². The summed E-state index contributed by atoms with van der Waals surface area (Å²) >= 11 is 7.22. The molecule has 1 aromatic carbocycles. The molecule has 19 heavy (non-hydrogen) atoms. The highest BCUT2D eigenvalue weighted by Gasteiger charge is 2.10. The van der Waals surface area contributed by atoms with Crippen molar-refractivity contribution < 1.29 is 0 Å². The van der Waals surface area contributed by atoms with Gasteiger partial charge >= 0.3 is 0 Å². The quantitative estimate of drug-likeness (QED) is 0.754. The van der Waals surface area contributed by atoms with E-state index in [-0.39, 0.29) is 5.56 Å². The molecule has 0 bridgehead atoms. The van der Waals surface area contributed by atoms with Crippen LogP contribution < -0.4 is 10.9 Å². The Bertz CT molecular complexity index is 839. The van der Waals surface area contributed by atoms with Crippen LogP contribution >= 0.6 is 22.9 Å². The molecule has 1 N–H and O–H groups in total. The number of nitrogens with one attached hydrogen (secondary N) is 1. The van der Waals surface area contributed by atoms with Crippen LogP contribution in [0.2, 0.25) is 5.02 Å². The summed E-state index contributed by atoms with van der Waals surface area (Å²) in [6.07, 6.45) is 1.72. The molecule has 0 radical (unpaired) electrons. The number of benzene rings is 1. The number of halogens is 1. The molecule has 2 aromatic heterocycles. The standard InChI is InChI=1S/C12H9ClN4OS/c1-2-5-14-11-16-17-10(18)8-4-3-7(13)6-9(8)15-12(17)19-11/h2-4,6H,1,5H2,(H,14,16). The summed E-state index contributed by atoms with van der Waals surface area (Å²) in [5, 5.41) is 8.92. The largest absolute Gasteiger partial charge is 0.357 e. The van der Waals surface area contributed by atoms with Crippen LogP contribution in [0.15, 0.2) is 35.6 Å². The average Bonchev–Trinajstić information content (AvgIpc) is 2.79. The van der Waals surface area contributed by atoms with Gasteiger partial charge in [-0.1, -0.05) is 29.0 Å². The summed E-state index contributed by atoms with van der Waals surface area (Å²) in [4.78, 5) is 17.2. The van der Waals surface area contributed by atoms with Gasteiger partial charge in [-0.05, 0) is 18.2 Å². The first kappa shape index (κ1) is 12.1. The van der Waals surface area contributed by atoms with Crippen LogP contribution in [0.3, 0.4) is 0 Å². The molecular weight excluding hydrogens is 284 g/mol. The van der Waals surface area contributed by atoms with Crippen molar-refractivity contribution in [3.05, 3.63) is 46.2 Å². The maximum atomic E-state index is 12.3. The Kier molecular flexibility index (Phi) is 2.96. The first-order valence-electron chi connectivity index (χ1n) is 5.53. The van der Waals surface area contributed by atoms with Gasteiger partial charge in [0.1, 0.15) is 0 Å². The minimum Gasteiger partial charge on any atom is -0.357 e. The van der Waals surface area contributed by atoms with Crippen molar-refractivity contribution in [1.82, 2.24) is 14.6 Å². The van der Waals surface area contributed by atoms with Crippen LogP contribution in [0.4, 0.5) is 5.13 Å². The van der Waals surface area contributed by atoms with Gasteiger partial charge in [0.2, 0.25) is 10.1 Å². The van der Waals surface area contributed by atoms with Gasteiger partial charge in [-0.25, -0.2) is 4.98 Å². The summed E-state index contributed by atoms with van der Waals surface area (Å²) < 4.78 is 1.30. The average molecular weight is 293 g/mol. The molecule has 0 aliphatic rings. The van der Waals surface area contributed by atoms with Crippen molar-refractivity contribution in [2.75, 3.05) is 11.9 Å². The van der Waals surface area contributed by atoms with Gasteiger partial charge in [-0.2, -0.15) is 4.52 Å². The zero-order valence-corrected chi connectivity index (χ0v) is 11.3. The normalized spacial score (nSPS) is 11.0. The fraction of sp³-hybridized carbons (Fsp3) is 0.0833. The van der Waals surface area contributed by atoms with Crippen molar-refractivity contribution in [2.24, 2.45) is 0 Å². The van der Waals surface area contributed by atoms with Gasteiger partial charge in [0.05, 0.1) is 10.9 Å². The first-order chi connectivity index (χ1) is 9.19. The molecule has 3 aromatic rings. The molecule has 2 heterocycles. The summed E-state index contributed by atoms with van der Waals surface area (Å²) in [6, 6.07) is 5.01. The van der Waals surface area contributed by atoms with Gasteiger partial charge in [0, 0.05) is 11.6 Å². The Morgan fingerprint density at radius 3 is 3.16 bits per heavy atom. The van der Waals surface area contributed by atoms with Crippen LogP contribution in [-0.4, -0.2) is 21.1 Å². The van der Waals surface area contributed by atoms with E-state index in [4.69, 9.17) is 11.6 Å².